The molecular formula is C16H16BrNO4S. The van der Waals surface area contributed by atoms with Crippen molar-refractivity contribution in [1.29, 1.82) is 0 Å². The predicted molar refractivity (Wildman–Crippen MR) is 92.1 cm³/mol. The molecule has 1 atom stereocenters. The number of benzene rings is 1. The summed E-state index contributed by atoms with van der Waals surface area (Å²) in [7, 11) is 1.51. The number of ether oxygens (including phenoxy) is 1. The van der Waals surface area contributed by atoms with Crippen LogP contribution in [0.2, 0.25) is 0 Å². The van der Waals surface area contributed by atoms with Crippen LogP contribution in [0.3, 0.4) is 0 Å². The number of amides is 1. The molecular weight excluding hydrogens is 382 g/mol. The summed E-state index contributed by atoms with van der Waals surface area (Å²) >= 11 is 4.51. The number of aliphatic carboxylic acids is 1. The van der Waals surface area contributed by atoms with Gasteiger partial charge in [0.25, 0.3) is 5.91 Å². The minimum Gasteiger partial charge on any atom is -0.495 e. The van der Waals surface area contributed by atoms with E-state index in [1.807, 2.05) is 0 Å². The molecule has 0 radical (unpaired) electrons. The quantitative estimate of drug-likeness (QED) is 0.779. The van der Waals surface area contributed by atoms with Crippen LogP contribution in [0.15, 0.2) is 40.2 Å². The Morgan fingerprint density at radius 3 is 2.48 bits per heavy atom. The van der Waals surface area contributed by atoms with E-state index in [-0.39, 0.29) is 6.42 Å². The van der Waals surface area contributed by atoms with E-state index in [1.165, 1.54) is 18.4 Å². The van der Waals surface area contributed by atoms with Gasteiger partial charge in [-0.3, -0.25) is 4.79 Å². The van der Waals surface area contributed by atoms with Crippen molar-refractivity contribution in [3.05, 3.63) is 50.6 Å². The average Bonchev–Trinajstić information content (AvgIpc) is 2.94. The Morgan fingerprint density at radius 2 is 2.00 bits per heavy atom. The molecule has 2 aromatic rings. The van der Waals surface area contributed by atoms with Crippen LogP contribution in [0.1, 0.15) is 28.6 Å². The van der Waals surface area contributed by atoms with Gasteiger partial charge in [0.05, 0.1) is 12.0 Å². The Labute approximate surface area is 146 Å². The second-order valence-electron chi connectivity index (χ2n) is 4.84. The molecule has 0 spiro atoms. The number of nitrogens with one attached hydrogen (secondary N) is 1. The Bertz CT molecular complexity index is 716. The first-order valence-electron chi connectivity index (χ1n) is 6.89. The molecule has 1 aromatic heterocycles. The highest BCUT2D eigenvalue weighted by Crippen LogP contribution is 2.35. The standard InChI is InChI=1S/C16H16BrNO4S/c1-3-16(15(20)21,10-7-5-4-6-8-10)18-14(19)12-9-11(22-2)13(17)23-12/h4-9H,3H2,1-2H3,(H,18,19)(H,20,21). The first kappa shape index (κ1) is 17.5. The van der Waals surface area contributed by atoms with Crippen molar-refractivity contribution in [2.75, 3.05) is 7.11 Å². The Hall–Kier alpha value is -1.86. The van der Waals surface area contributed by atoms with Crippen LogP contribution in [-0.2, 0) is 10.3 Å². The lowest BCUT2D eigenvalue weighted by atomic mass is 9.87. The number of hydrogen-bond acceptors (Lipinski definition) is 4. The van der Waals surface area contributed by atoms with Crippen LogP contribution >= 0.6 is 27.3 Å². The average molecular weight is 398 g/mol. The minimum absolute atomic E-state index is 0.224. The number of carbonyl (C=O) groups excluding carboxylic acids is 1. The van der Waals surface area contributed by atoms with Gasteiger partial charge in [-0.05, 0) is 27.9 Å². The fourth-order valence-electron chi connectivity index (χ4n) is 2.27. The number of halogens is 1. The molecule has 0 saturated carbocycles. The SMILES string of the molecule is CCC(NC(=O)c1cc(OC)c(Br)s1)(C(=O)O)c1ccccc1. The van der Waals surface area contributed by atoms with Gasteiger partial charge in [-0.2, -0.15) is 0 Å². The molecule has 1 amide bonds. The Morgan fingerprint density at radius 1 is 1.35 bits per heavy atom. The van der Waals surface area contributed by atoms with Gasteiger partial charge >= 0.3 is 5.97 Å². The van der Waals surface area contributed by atoms with Crippen molar-refractivity contribution >= 4 is 39.1 Å². The first-order chi connectivity index (χ1) is 10.9. The summed E-state index contributed by atoms with van der Waals surface area (Å²) in [6.07, 6.45) is 0.224. The molecule has 0 aliphatic rings. The number of methoxy groups -OCH3 is 1. The third-order valence-corrected chi connectivity index (χ3v) is 5.37. The maximum Gasteiger partial charge on any atom is 0.334 e. The van der Waals surface area contributed by atoms with E-state index in [1.54, 1.807) is 43.3 Å². The minimum atomic E-state index is -1.47. The van der Waals surface area contributed by atoms with Crippen LogP contribution in [0.25, 0.3) is 0 Å². The van der Waals surface area contributed by atoms with Crippen LogP contribution < -0.4 is 10.1 Å². The number of carboxylic acids is 1. The summed E-state index contributed by atoms with van der Waals surface area (Å²) in [5.74, 6) is -1.01. The Balaban J connectivity index is 2.38. The molecule has 0 fully saturated rings. The van der Waals surface area contributed by atoms with Gasteiger partial charge in [-0.25, -0.2) is 4.79 Å². The highest BCUT2D eigenvalue weighted by atomic mass is 79.9. The highest BCUT2D eigenvalue weighted by molar-refractivity contribution is 9.11. The van der Waals surface area contributed by atoms with Gasteiger partial charge in [0.1, 0.15) is 9.54 Å². The van der Waals surface area contributed by atoms with Gasteiger partial charge in [0.15, 0.2) is 5.54 Å². The van der Waals surface area contributed by atoms with Gasteiger partial charge in [0.2, 0.25) is 0 Å². The fraction of sp³-hybridized carbons (Fsp3) is 0.250. The van der Waals surface area contributed by atoms with E-state index in [9.17, 15) is 14.7 Å². The summed E-state index contributed by atoms with van der Waals surface area (Å²) in [4.78, 5) is 24.8. The topological polar surface area (TPSA) is 75.6 Å². The number of carbonyl (C=O) groups is 2. The summed E-state index contributed by atoms with van der Waals surface area (Å²) in [5.41, 5.74) is -0.937. The molecule has 2 rings (SSSR count). The van der Waals surface area contributed by atoms with Crippen LogP contribution in [0, 0.1) is 0 Å². The largest absolute Gasteiger partial charge is 0.495 e. The van der Waals surface area contributed by atoms with Crippen molar-refractivity contribution in [1.82, 2.24) is 5.32 Å². The normalized spacial score (nSPS) is 13.2. The lowest BCUT2D eigenvalue weighted by Crippen LogP contribution is -2.51. The van der Waals surface area contributed by atoms with Gasteiger partial charge < -0.3 is 15.2 Å². The number of rotatable bonds is 6. The lowest BCUT2D eigenvalue weighted by molar-refractivity contribution is -0.145. The molecule has 1 aromatic carbocycles. The third-order valence-electron chi connectivity index (χ3n) is 3.59. The van der Waals surface area contributed by atoms with E-state index in [0.717, 1.165) is 0 Å². The second kappa shape index (κ2) is 7.14. The summed E-state index contributed by atoms with van der Waals surface area (Å²) in [6, 6.07) is 10.3. The van der Waals surface area contributed by atoms with E-state index in [2.05, 4.69) is 21.2 Å². The highest BCUT2D eigenvalue weighted by Gasteiger charge is 2.40. The zero-order valence-corrected chi connectivity index (χ0v) is 15.0. The number of hydrogen-bond donors (Lipinski definition) is 2. The van der Waals surface area contributed by atoms with E-state index >= 15 is 0 Å². The molecule has 0 bridgehead atoms. The molecule has 122 valence electrons. The lowest BCUT2D eigenvalue weighted by Gasteiger charge is -2.29. The smallest absolute Gasteiger partial charge is 0.334 e. The molecule has 2 N–H and O–H groups in total. The van der Waals surface area contributed by atoms with Gasteiger partial charge in [0, 0.05) is 6.07 Å². The van der Waals surface area contributed by atoms with Crippen molar-refractivity contribution in [3.8, 4) is 5.75 Å². The molecule has 0 aliphatic carbocycles. The third kappa shape index (κ3) is 3.40. The van der Waals surface area contributed by atoms with E-state index in [4.69, 9.17) is 4.74 Å². The predicted octanol–water partition coefficient (Wildman–Crippen LogP) is 3.64. The zero-order chi connectivity index (χ0) is 17.0. The molecule has 1 unspecified atom stereocenters. The maximum absolute atomic E-state index is 12.5. The monoisotopic (exact) mass is 397 g/mol. The van der Waals surface area contributed by atoms with Crippen molar-refractivity contribution in [2.45, 2.75) is 18.9 Å². The summed E-state index contributed by atoms with van der Waals surface area (Å²) in [5, 5.41) is 12.4. The van der Waals surface area contributed by atoms with Crippen LogP contribution in [0.5, 0.6) is 5.75 Å². The molecule has 0 saturated heterocycles. The van der Waals surface area contributed by atoms with Gasteiger partial charge in [-0.1, -0.05) is 37.3 Å². The summed E-state index contributed by atoms with van der Waals surface area (Å²) in [6.45, 7) is 1.73. The molecule has 1 heterocycles. The van der Waals surface area contributed by atoms with Crippen molar-refractivity contribution in [3.63, 3.8) is 0 Å². The van der Waals surface area contributed by atoms with E-state index in [0.29, 0.717) is 20.0 Å². The van der Waals surface area contributed by atoms with Gasteiger partial charge in [-0.15, -0.1) is 11.3 Å². The molecule has 5 nitrogen and oxygen atoms in total. The molecule has 7 heteroatoms. The molecule has 0 aliphatic heterocycles. The summed E-state index contributed by atoms with van der Waals surface area (Å²) < 4.78 is 5.81. The second-order valence-corrected chi connectivity index (χ2v) is 7.21. The van der Waals surface area contributed by atoms with Crippen LogP contribution in [-0.4, -0.2) is 24.1 Å². The Kier molecular flexibility index (Phi) is 5.43. The van der Waals surface area contributed by atoms with Crippen LogP contribution in [0.4, 0.5) is 0 Å². The van der Waals surface area contributed by atoms with Crippen molar-refractivity contribution < 1.29 is 19.4 Å². The first-order valence-corrected chi connectivity index (χ1v) is 8.50. The molecule has 23 heavy (non-hydrogen) atoms. The number of carboxylic acid groups (broad SMARTS) is 1. The van der Waals surface area contributed by atoms with Crippen molar-refractivity contribution in [2.24, 2.45) is 0 Å². The zero-order valence-electron chi connectivity index (χ0n) is 12.6. The maximum atomic E-state index is 12.5. The fourth-order valence-corrected chi connectivity index (χ4v) is 3.82. The number of thiophene rings is 1. The van der Waals surface area contributed by atoms with E-state index < -0.39 is 17.4 Å².